The van der Waals surface area contributed by atoms with Crippen LogP contribution in [0.15, 0.2) is 0 Å². The summed E-state index contributed by atoms with van der Waals surface area (Å²) in [6.07, 6.45) is 1.68. The monoisotopic (exact) mass is 261 g/mol. The molecule has 0 aliphatic rings. The first-order valence-electron chi connectivity index (χ1n) is 5.41. The number of ether oxygens (including phenoxy) is 1. The maximum atomic E-state index is 11.2. The van der Waals surface area contributed by atoms with Gasteiger partial charge in [-0.25, -0.2) is 4.68 Å². The standard InChI is InChI=1S/C9H19N5O2S/c1-8(7-17(3)15)14-9(11-12-13-14)6-10-4-5-16-2/h8,10H,4-7H2,1-3H3. The smallest absolute Gasteiger partial charge is 0.165 e. The van der Waals surface area contributed by atoms with Crippen molar-refractivity contribution in [3.8, 4) is 0 Å². The highest BCUT2D eigenvalue weighted by Crippen LogP contribution is 2.06. The lowest BCUT2D eigenvalue weighted by Gasteiger charge is -2.12. The number of hydrogen-bond donors (Lipinski definition) is 1. The Labute approximate surface area is 103 Å². The fourth-order valence-corrected chi connectivity index (χ4v) is 2.28. The molecule has 0 saturated heterocycles. The second-order valence-corrected chi connectivity index (χ2v) is 5.28. The molecular weight excluding hydrogens is 242 g/mol. The molecule has 0 radical (unpaired) electrons. The zero-order valence-electron chi connectivity index (χ0n) is 10.4. The molecule has 0 aliphatic heterocycles. The quantitative estimate of drug-likeness (QED) is 0.626. The topological polar surface area (TPSA) is 81.9 Å². The Morgan fingerprint density at radius 1 is 1.59 bits per heavy atom. The first-order valence-corrected chi connectivity index (χ1v) is 7.14. The van der Waals surface area contributed by atoms with Crippen LogP contribution in [0, 0.1) is 0 Å². The summed E-state index contributed by atoms with van der Waals surface area (Å²) in [4.78, 5) is 0. The summed E-state index contributed by atoms with van der Waals surface area (Å²) in [5.41, 5.74) is 0. The molecule has 8 heteroatoms. The van der Waals surface area contributed by atoms with Crippen LogP contribution in [0.1, 0.15) is 18.8 Å². The zero-order valence-corrected chi connectivity index (χ0v) is 11.2. The van der Waals surface area contributed by atoms with Crippen LogP contribution < -0.4 is 5.32 Å². The molecule has 1 rings (SSSR count). The van der Waals surface area contributed by atoms with Gasteiger partial charge in [0, 0.05) is 36.5 Å². The lowest BCUT2D eigenvalue weighted by Crippen LogP contribution is -2.24. The Balaban J connectivity index is 2.50. The molecule has 17 heavy (non-hydrogen) atoms. The average molecular weight is 261 g/mol. The van der Waals surface area contributed by atoms with Crippen LogP contribution in [0.5, 0.6) is 0 Å². The number of hydrogen-bond acceptors (Lipinski definition) is 6. The van der Waals surface area contributed by atoms with E-state index in [1.165, 1.54) is 0 Å². The van der Waals surface area contributed by atoms with Gasteiger partial charge < -0.3 is 10.1 Å². The summed E-state index contributed by atoms with van der Waals surface area (Å²) in [7, 11) is 0.803. The van der Waals surface area contributed by atoms with Gasteiger partial charge in [0.05, 0.1) is 19.2 Å². The molecule has 1 heterocycles. The Bertz CT molecular complexity index is 357. The van der Waals surface area contributed by atoms with Crippen LogP contribution in [0.2, 0.25) is 0 Å². The predicted molar refractivity (Wildman–Crippen MR) is 65.0 cm³/mol. The molecule has 98 valence electrons. The Morgan fingerprint density at radius 3 is 3.00 bits per heavy atom. The summed E-state index contributed by atoms with van der Waals surface area (Å²) in [5, 5.41) is 14.7. The lowest BCUT2D eigenvalue weighted by molar-refractivity contribution is 0.198. The average Bonchev–Trinajstić information content (AvgIpc) is 2.71. The lowest BCUT2D eigenvalue weighted by atomic mass is 10.4. The third-order valence-electron chi connectivity index (χ3n) is 2.22. The van der Waals surface area contributed by atoms with Crippen molar-refractivity contribution in [2.24, 2.45) is 0 Å². The molecule has 1 aromatic rings. The number of nitrogens with zero attached hydrogens (tertiary/aromatic N) is 4. The Hall–Kier alpha value is -0.860. The van der Waals surface area contributed by atoms with Crippen molar-refractivity contribution in [2.75, 3.05) is 32.3 Å². The number of methoxy groups -OCH3 is 1. The fourth-order valence-electron chi connectivity index (χ4n) is 1.46. The third-order valence-corrected chi connectivity index (χ3v) is 3.17. The minimum absolute atomic E-state index is 0.0371. The molecule has 0 aliphatic carbocycles. The highest BCUT2D eigenvalue weighted by Gasteiger charge is 2.13. The van der Waals surface area contributed by atoms with Gasteiger partial charge in [-0.2, -0.15) is 0 Å². The van der Waals surface area contributed by atoms with Gasteiger partial charge in [-0.15, -0.1) is 5.10 Å². The van der Waals surface area contributed by atoms with Crippen LogP contribution in [0.25, 0.3) is 0 Å². The molecular formula is C9H19N5O2S. The summed E-state index contributed by atoms with van der Waals surface area (Å²) in [6, 6.07) is 0.0371. The molecule has 0 bridgehead atoms. The number of nitrogens with one attached hydrogen (secondary N) is 1. The van der Waals surface area contributed by atoms with Crippen LogP contribution >= 0.6 is 0 Å². The van der Waals surface area contributed by atoms with Crippen LogP contribution in [-0.4, -0.2) is 56.7 Å². The van der Waals surface area contributed by atoms with Crippen LogP contribution in [0.3, 0.4) is 0 Å². The number of rotatable bonds is 8. The summed E-state index contributed by atoms with van der Waals surface area (Å²) in [5.74, 6) is 1.30. The minimum atomic E-state index is -0.854. The maximum absolute atomic E-state index is 11.2. The molecule has 0 spiro atoms. The summed E-state index contributed by atoms with van der Waals surface area (Å²) >= 11 is 0. The SMILES string of the molecule is COCCNCc1nnnn1C(C)CS(C)=O. The van der Waals surface area contributed by atoms with Gasteiger partial charge in [-0.1, -0.05) is 0 Å². The largest absolute Gasteiger partial charge is 0.383 e. The molecule has 0 aromatic carbocycles. The summed E-state index contributed by atoms with van der Waals surface area (Å²) in [6.45, 7) is 3.93. The van der Waals surface area contributed by atoms with E-state index in [2.05, 4.69) is 20.8 Å². The van der Waals surface area contributed by atoms with Gasteiger partial charge in [0.25, 0.3) is 0 Å². The Kier molecular flexibility index (Phi) is 6.23. The third kappa shape index (κ3) is 4.88. The number of aromatic nitrogens is 4. The molecule has 2 unspecified atom stereocenters. The van der Waals surface area contributed by atoms with Gasteiger partial charge in [-0.3, -0.25) is 4.21 Å². The van der Waals surface area contributed by atoms with Crippen molar-refractivity contribution in [3.63, 3.8) is 0 Å². The van der Waals surface area contributed by atoms with Crippen molar-refractivity contribution in [2.45, 2.75) is 19.5 Å². The van der Waals surface area contributed by atoms with Crippen molar-refractivity contribution >= 4 is 10.8 Å². The predicted octanol–water partition coefficient (Wildman–Crippen LogP) is -0.651. The van der Waals surface area contributed by atoms with Crippen molar-refractivity contribution in [3.05, 3.63) is 5.82 Å². The minimum Gasteiger partial charge on any atom is -0.383 e. The highest BCUT2D eigenvalue weighted by atomic mass is 32.2. The molecule has 2 atom stereocenters. The van der Waals surface area contributed by atoms with Crippen LogP contribution in [0.4, 0.5) is 0 Å². The van der Waals surface area contributed by atoms with Crippen molar-refractivity contribution in [1.82, 2.24) is 25.5 Å². The van der Waals surface area contributed by atoms with Gasteiger partial charge >= 0.3 is 0 Å². The molecule has 1 N–H and O–H groups in total. The van der Waals surface area contributed by atoms with E-state index in [4.69, 9.17) is 4.74 Å². The first-order chi connectivity index (χ1) is 8.15. The van der Waals surface area contributed by atoms with Gasteiger partial charge in [0.1, 0.15) is 0 Å². The highest BCUT2D eigenvalue weighted by molar-refractivity contribution is 7.84. The first kappa shape index (κ1) is 14.2. The van der Waals surface area contributed by atoms with E-state index in [1.54, 1.807) is 18.0 Å². The van der Waals surface area contributed by atoms with Gasteiger partial charge in [-0.05, 0) is 17.4 Å². The van der Waals surface area contributed by atoms with E-state index in [-0.39, 0.29) is 6.04 Å². The molecule has 7 nitrogen and oxygen atoms in total. The van der Waals surface area contributed by atoms with Crippen molar-refractivity contribution < 1.29 is 8.95 Å². The number of tetrazole rings is 1. The van der Waals surface area contributed by atoms with Crippen LogP contribution in [-0.2, 0) is 22.1 Å². The van der Waals surface area contributed by atoms with E-state index in [0.29, 0.717) is 18.9 Å². The van der Waals surface area contributed by atoms with Gasteiger partial charge in [0.15, 0.2) is 5.82 Å². The Morgan fingerprint density at radius 2 is 2.35 bits per heavy atom. The molecule has 1 aromatic heterocycles. The normalized spacial score (nSPS) is 14.8. The van der Waals surface area contributed by atoms with E-state index in [0.717, 1.165) is 12.4 Å². The molecule has 0 fully saturated rings. The van der Waals surface area contributed by atoms with E-state index in [9.17, 15) is 4.21 Å². The molecule has 0 amide bonds. The van der Waals surface area contributed by atoms with E-state index < -0.39 is 10.8 Å². The molecule has 0 saturated carbocycles. The summed E-state index contributed by atoms with van der Waals surface area (Å²) < 4.78 is 17.8. The second-order valence-electron chi connectivity index (χ2n) is 3.80. The zero-order chi connectivity index (χ0) is 12.7. The van der Waals surface area contributed by atoms with Gasteiger partial charge in [0.2, 0.25) is 0 Å². The maximum Gasteiger partial charge on any atom is 0.165 e. The van der Waals surface area contributed by atoms with E-state index in [1.807, 2.05) is 6.92 Å². The second kappa shape index (κ2) is 7.46. The fraction of sp³-hybridized carbons (Fsp3) is 0.889. The van der Waals surface area contributed by atoms with Crippen molar-refractivity contribution in [1.29, 1.82) is 0 Å². The van der Waals surface area contributed by atoms with E-state index >= 15 is 0 Å².